The van der Waals surface area contributed by atoms with Crippen LogP contribution in [0, 0.1) is 0 Å². The first kappa shape index (κ1) is 21.5. The molecule has 2 aromatic carbocycles. The second-order valence-electron chi connectivity index (χ2n) is 7.27. The van der Waals surface area contributed by atoms with Crippen LogP contribution in [-0.4, -0.2) is 69.4 Å². The second kappa shape index (κ2) is 10.1. The monoisotopic (exact) mass is 441 g/mol. The van der Waals surface area contributed by atoms with E-state index in [1.165, 1.54) is 11.3 Å². The number of carbonyl (C=O) groups excluding carboxylic acids is 1. The molecule has 8 heteroatoms. The van der Waals surface area contributed by atoms with Gasteiger partial charge in [-0.25, -0.2) is 4.98 Å². The van der Waals surface area contributed by atoms with Crippen LogP contribution in [0.5, 0.6) is 11.5 Å². The van der Waals surface area contributed by atoms with Crippen molar-refractivity contribution in [1.29, 1.82) is 0 Å². The molecular formula is C23H27N3O4S. The number of hydrogen-bond donors (Lipinski definition) is 0. The van der Waals surface area contributed by atoms with E-state index in [2.05, 4.69) is 4.90 Å². The smallest absolute Gasteiger partial charge is 0.263 e. The van der Waals surface area contributed by atoms with Crippen molar-refractivity contribution in [1.82, 2.24) is 9.88 Å². The van der Waals surface area contributed by atoms with Gasteiger partial charge in [0.1, 0.15) is 0 Å². The van der Waals surface area contributed by atoms with Crippen LogP contribution in [0.15, 0.2) is 42.5 Å². The third-order valence-electron chi connectivity index (χ3n) is 5.35. The molecule has 0 N–H and O–H groups in total. The number of ether oxygens (including phenoxy) is 3. The summed E-state index contributed by atoms with van der Waals surface area (Å²) in [5, 5.41) is 0.693. The molecule has 0 atom stereocenters. The molecule has 164 valence electrons. The number of fused-ring (bicyclic) bond motifs is 1. The average Bonchev–Trinajstić information content (AvgIpc) is 3.25. The summed E-state index contributed by atoms with van der Waals surface area (Å²) in [5.41, 5.74) is 1.36. The minimum absolute atomic E-state index is 0.142. The molecule has 1 fully saturated rings. The lowest BCUT2D eigenvalue weighted by Crippen LogP contribution is -2.39. The van der Waals surface area contributed by atoms with Crippen LogP contribution in [0.25, 0.3) is 10.2 Å². The molecule has 4 rings (SSSR count). The Morgan fingerprint density at radius 1 is 1.13 bits per heavy atom. The summed E-state index contributed by atoms with van der Waals surface area (Å²) < 4.78 is 17.4. The van der Waals surface area contributed by atoms with Crippen LogP contribution in [-0.2, 0) is 4.74 Å². The van der Waals surface area contributed by atoms with E-state index in [9.17, 15) is 4.79 Å². The molecule has 7 nitrogen and oxygen atoms in total. The fraction of sp³-hybridized carbons (Fsp3) is 0.391. The Balaban J connectivity index is 1.62. The number of para-hydroxylation sites is 2. The van der Waals surface area contributed by atoms with Gasteiger partial charge in [-0.15, -0.1) is 0 Å². The van der Waals surface area contributed by atoms with Gasteiger partial charge in [-0.05, 0) is 30.7 Å². The number of benzene rings is 2. The zero-order valence-electron chi connectivity index (χ0n) is 17.9. The van der Waals surface area contributed by atoms with E-state index in [-0.39, 0.29) is 5.91 Å². The molecular weight excluding hydrogens is 414 g/mol. The molecule has 0 radical (unpaired) electrons. The molecule has 2 heterocycles. The molecule has 1 saturated heterocycles. The van der Waals surface area contributed by atoms with E-state index in [0.29, 0.717) is 28.7 Å². The topological polar surface area (TPSA) is 64.1 Å². The lowest BCUT2D eigenvalue weighted by molar-refractivity contribution is 0.0376. The van der Waals surface area contributed by atoms with E-state index in [4.69, 9.17) is 19.2 Å². The van der Waals surface area contributed by atoms with Crippen LogP contribution < -0.4 is 14.4 Å². The minimum atomic E-state index is -0.142. The number of anilines is 1. The lowest BCUT2D eigenvalue weighted by Gasteiger charge is -2.28. The highest BCUT2D eigenvalue weighted by Gasteiger charge is 2.25. The van der Waals surface area contributed by atoms with Gasteiger partial charge in [0.05, 0.1) is 43.2 Å². The summed E-state index contributed by atoms with van der Waals surface area (Å²) >= 11 is 1.53. The fourth-order valence-corrected chi connectivity index (χ4v) is 4.73. The van der Waals surface area contributed by atoms with Crippen molar-refractivity contribution in [3.8, 4) is 11.5 Å². The molecule has 1 aromatic heterocycles. The number of nitrogens with zero attached hydrogens (tertiary/aromatic N) is 3. The van der Waals surface area contributed by atoms with Gasteiger partial charge in [0.2, 0.25) is 0 Å². The Hall–Kier alpha value is -2.68. The van der Waals surface area contributed by atoms with E-state index >= 15 is 0 Å². The van der Waals surface area contributed by atoms with E-state index in [0.717, 1.165) is 49.5 Å². The van der Waals surface area contributed by atoms with Gasteiger partial charge >= 0.3 is 0 Å². The predicted octanol–water partition coefficient (Wildman–Crippen LogP) is 3.68. The Bertz CT molecular complexity index is 1000. The summed E-state index contributed by atoms with van der Waals surface area (Å²) in [6.07, 6.45) is 0.841. The third kappa shape index (κ3) is 4.81. The zero-order chi connectivity index (χ0) is 21.6. The Morgan fingerprint density at radius 2 is 1.94 bits per heavy atom. The maximum Gasteiger partial charge on any atom is 0.263 e. The lowest BCUT2D eigenvalue weighted by atomic mass is 10.1. The Labute approximate surface area is 186 Å². The van der Waals surface area contributed by atoms with Crippen molar-refractivity contribution in [2.75, 3.05) is 58.5 Å². The van der Waals surface area contributed by atoms with Crippen molar-refractivity contribution in [2.45, 2.75) is 6.42 Å². The number of carbonyl (C=O) groups is 1. The van der Waals surface area contributed by atoms with E-state index < -0.39 is 0 Å². The van der Waals surface area contributed by atoms with Crippen LogP contribution >= 0.6 is 11.3 Å². The molecule has 1 aliphatic heterocycles. The largest absolute Gasteiger partial charge is 0.493 e. The fourth-order valence-electron chi connectivity index (χ4n) is 3.74. The predicted molar refractivity (Wildman–Crippen MR) is 123 cm³/mol. The standard InChI is InChI=1S/C23H27N3O4S/c1-28-19-9-5-7-17(21(19)29-2)22(27)26(12-6-11-25-13-15-30-16-14-25)23-24-18-8-3-4-10-20(18)31-23/h3-5,7-10H,6,11-16H2,1-2H3. The van der Waals surface area contributed by atoms with Crippen molar-refractivity contribution >= 4 is 32.6 Å². The van der Waals surface area contributed by atoms with Gasteiger partial charge in [0, 0.05) is 26.2 Å². The Kier molecular flexibility index (Phi) is 7.01. The number of methoxy groups -OCH3 is 2. The molecule has 3 aromatic rings. The van der Waals surface area contributed by atoms with Gasteiger partial charge in [-0.3, -0.25) is 14.6 Å². The highest BCUT2D eigenvalue weighted by Crippen LogP contribution is 2.34. The van der Waals surface area contributed by atoms with Crippen LogP contribution in [0.1, 0.15) is 16.8 Å². The van der Waals surface area contributed by atoms with E-state index in [1.54, 1.807) is 37.3 Å². The molecule has 1 aliphatic rings. The van der Waals surface area contributed by atoms with Crippen LogP contribution in [0.2, 0.25) is 0 Å². The first-order valence-electron chi connectivity index (χ1n) is 10.4. The van der Waals surface area contributed by atoms with Crippen molar-refractivity contribution in [3.63, 3.8) is 0 Å². The number of amides is 1. The molecule has 31 heavy (non-hydrogen) atoms. The van der Waals surface area contributed by atoms with Crippen LogP contribution in [0.3, 0.4) is 0 Å². The van der Waals surface area contributed by atoms with Gasteiger partial charge in [-0.1, -0.05) is 29.5 Å². The van der Waals surface area contributed by atoms with Gasteiger partial charge in [-0.2, -0.15) is 0 Å². The summed E-state index contributed by atoms with van der Waals surface area (Å²) in [4.78, 5) is 22.6. The minimum Gasteiger partial charge on any atom is -0.493 e. The molecule has 0 saturated carbocycles. The highest BCUT2D eigenvalue weighted by atomic mass is 32.1. The maximum atomic E-state index is 13.7. The van der Waals surface area contributed by atoms with Crippen molar-refractivity contribution in [3.05, 3.63) is 48.0 Å². The number of morpholine rings is 1. The van der Waals surface area contributed by atoms with Gasteiger partial charge in [0.15, 0.2) is 16.6 Å². The summed E-state index contributed by atoms with van der Waals surface area (Å²) in [6, 6.07) is 13.3. The highest BCUT2D eigenvalue weighted by molar-refractivity contribution is 7.22. The number of aromatic nitrogens is 1. The number of thiazole rings is 1. The quantitative estimate of drug-likeness (QED) is 0.531. The maximum absolute atomic E-state index is 13.7. The van der Waals surface area contributed by atoms with Crippen molar-refractivity contribution < 1.29 is 19.0 Å². The van der Waals surface area contributed by atoms with Gasteiger partial charge in [0.25, 0.3) is 5.91 Å². The van der Waals surface area contributed by atoms with Gasteiger partial charge < -0.3 is 14.2 Å². The third-order valence-corrected chi connectivity index (χ3v) is 6.41. The second-order valence-corrected chi connectivity index (χ2v) is 8.28. The number of hydrogen-bond acceptors (Lipinski definition) is 7. The number of rotatable bonds is 8. The molecule has 0 unspecified atom stereocenters. The molecule has 0 bridgehead atoms. The zero-order valence-corrected chi connectivity index (χ0v) is 18.7. The van der Waals surface area contributed by atoms with Crippen LogP contribution in [0.4, 0.5) is 5.13 Å². The molecule has 0 spiro atoms. The Morgan fingerprint density at radius 3 is 2.68 bits per heavy atom. The SMILES string of the molecule is COc1cccc(C(=O)N(CCCN2CCOCC2)c2nc3ccccc3s2)c1OC. The molecule has 1 amide bonds. The molecule has 0 aliphatic carbocycles. The normalized spacial score (nSPS) is 14.5. The summed E-state index contributed by atoms with van der Waals surface area (Å²) in [7, 11) is 3.12. The average molecular weight is 442 g/mol. The summed E-state index contributed by atoms with van der Waals surface area (Å²) in [5.74, 6) is 0.831. The van der Waals surface area contributed by atoms with E-state index in [1.807, 2.05) is 24.3 Å². The first-order valence-corrected chi connectivity index (χ1v) is 11.2. The summed E-state index contributed by atoms with van der Waals surface area (Å²) in [6.45, 7) is 4.87. The first-order chi connectivity index (χ1) is 15.2. The van der Waals surface area contributed by atoms with Crippen molar-refractivity contribution in [2.24, 2.45) is 0 Å².